The molecule has 0 aromatic heterocycles. The monoisotopic (exact) mass is 652 g/mol. The van der Waals surface area contributed by atoms with Crippen molar-refractivity contribution >= 4 is 75.1 Å². The molecule has 4 heterocycles. The number of hydrogen-bond acceptors (Lipinski definition) is 11. The summed E-state index contributed by atoms with van der Waals surface area (Å²) in [5, 5.41) is 0.626. The molecule has 0 N–H and O–H groups in total. The van der Waals surface area contributed by atoms with Crippen molar-refractivity contribution in [2.75, 3.05) is 53.7 Å². The molecule has 2 saturated heterocycles. The summed E-state index contributed by atoms with van der Waals surface area (Å²) in [6.07, 6.45) is 3.71. The first-order valence-corrected chi connectivity index (χ1v) is 15.8. The predicted octanol–water partition coefficient (Wildman–Crippen LogP) is 3.84. The van der Waals surface area contributed by atoms with E-state index in [1.54, 1.807) is 49.5 Å². The molecule has 3 amide bonds. The number of nitrogens with zero attached hydrogens (tertiary/aromatic N) is 4. The van der Waals surface area contributed by atoms with Gasteiger partial charge in [-0.25, -0.2) is 0 Å². The van der Waals surface area contributed by atoms with E-state index >= 15 is 0 Å². The van der Waals surface area contributed by atoms with Crippen molar-refractivity contribution in [3.8, 4) is 23.0 Å². The first-order chi connectivity index (χ1) is 21.3. The Morgan fingerprint density at radius 1 is 0.932 bits per heavy atom. The molecular formula is C30H28N4O7S3. The normalized spacial score (nSPS) is 19.8. The van der Waals surface area contributed by atoms with Gasteiger partial charge in [0, 0.05) is 39.1 Å². The van der Waals surface area contributed by atoms with Crippen LogP contribution in [0.15, 0.2) is 51.2 Å². The van der Waals surface area contributed by atoms with E-state index in [0.29, 0.717) is 68.5 Å². The molecule has 4 aliphatic rings. The maximum absolute atomic E-state index is 13.1. The summed E-state index contributed by atoms with van der Waals surface area (Å²) in [5.74, 6) is 1.93. The third-order valence-electron chi connectivity index (χ3n) is 7.33. The number of amides is 3. The lowest BCUT2D eigenvalue weighted by Crippen LogP contribution is -2.50. The molecule has 2 aromatic carbocycles. The smallest absolute Gasteiger partial charge is 0.286 e. The lowest BCUT2D eigenvalue weighted by Gasteiger charge is -2.35. The quantitative estimate of drug-likeness (QED) is 0.322. The second-order valence-corrected chi connectivity index (χ2v) is 12.7. The van der Waals surface area contributed by atoms with Gasteiger partial charge in [0.25, 0.3) is 11.8 Å². The molecule has 6 rings (SSSR count). The lowest BCUT2D eigenvalue weighted by molar-refractivity contribution is -0.133. The van der Waals surface area contributed by atoms with E-state index in [2.05, 4.69) is 4.99 Å². The van der Waals surface area contributed by atoms with Gasteiger partial charge in [-0.05, 0) is 59.3 Å². The van der Waals surface area contributed by atoms with Crippen molar-refractivity contribution in [3.05, 3.63) is 57.3 Å². The molecule has 228 valence electrons. The van der Waals surface area contributed by atoms with Crippen LogP contribution in [0.5, 0.6) is 23.0 Å². The summed E-state index contributed by atoms with van der Waals surface area (Å²) in [7, 11) is 3.13. The maximum atomic E-state index is 13.1. The molecule has 0 saturated carbocycles. The maximum Gasteiger partial charge on any atom is 0.286 e. The number of carbonyl (C=O) groups is 3. The fourth-order valence-electron chi connectivity index (χ4n) is 4.99. The van der Waals surface area contributed by atoms with Crippen LogP contribution in [0.4, 0.5) is 0 Å². The van der Waals surface area contributed by atoms with Crippen LogP contribution >= 0.6 is 35.7 Å². The first-order valence-electron chi connectivity index (χ1n) is 13.8. The molecule has 4 aliphatic heterocycles. The zero-order valence-electron chi connectivity index (χ0n) is 23.9. The number of rotatable bonds is 7. The Morgan fingerprint density at radius 2 is 1.64 bits per heavy atom. The minimum atomic E-state index is -0.297. The summed E-state index contributed by atoms with van der Waals surface area (Å²) < 4.78 is 21.8. The van der Waals surface area contributed by atoms with Gasteiger partial charge in [0.15, 0.2) is 28.2 Å². The molecule has 0 aliphatic carbocycles. The second kappa shape index (κ2) is 12.9. The van der Waals surface area contributed by atoms with Gasteiger partial charge in [0.1, 0.15) is 4.32 Å². The molecule has 0 atom stereocenters. The molecule has 11 nitrogen and oxygen atoms in total. The van der Waals surface area contributed by atoms with Crippen molar-refractivity contribution in [1.29, 1.82) is 0 Å². The number of carbonyl (C=O) groups excluding carboxylic acids is 3. The number of methoxy groups -OCH3 is 2. The largest absolute Gasteiger partial charge is 0.493 e. The standard InChI is InChI=1S/C30H28N4O7S3/c1-38-20-5-3-18(13-22(20)39-2)15-24-27(36)31-29(43-24)33-11-9-32(10-12-33)26(35)7-8-34-28(37)25(44-30(34)42)16-19-4-6-21-23(14-19)41-17-40-21/h3-6,13-16H,7-12,17H2,1-2H3. The topological polar surface area (TPSA) is 110 Å². The zero-order valence-corrected chi connectivity index (χ0v) is 26.4. The highest BCUT2D eigenvalue weighted by Gasteiger charge is 2.34. The predicted molar refractivity (Wildman–Crippen MR) is 173 cm³/mol. The van der Waals surface area contributed by atoms with Gasteiger partial charge >= 0.3 is 0 Å². The first kappa shape index (κ1) is 30.0. The second-order valence-electron chi connectivity index (χ2n) is 9.99. The molecular weight excluding hydrogens is 625 g/mol. The Morgan fingerprint density at radius 3 is 2.41 bits per heavy atom. The Labute approximate surface area is 267 Å². The minimum Gasteiger partial charge on any atom is -0.493 e. The molecule has 44 heavy (non-hydrogen) atoms. The molecule has 0 unspecified atom stereocenters. The van der Waals surface area contributed by atoms with Crippen LogP contribution in [-0.2, 0) is 14.4 Å². The highest BCUT2D eigenvalue weighted by Crippen LogP contribution is 2.37. The highest BCUT2D eigenvalue weighted by atomic mass is 32.2. The van der Waals surface area contributed by atoms with E-state index < -0.39 is 0 Å². The van der Waals surface area contributed by atoms with E-state index in [-0.39, 0.29) is 37.5 Å². The molecule has 0 spiro atoms. The van der Waals surface area contributed by atoms with Gasteiger partial charge in [-0.3, -0.25) is 19.3 Å². The molecule has 2 fully saturated rings. The van der Waals surface area contributed by atoms with Crippen LogP contribution in [-0.4, -0.2) is 95.6 Å². The van der Waals surface area contributed by atoms with E-state index in [1.165, 1.54) is 28.4 Å². The third kappa shape index (κ3) is 6.28. The van der Waals surface area contributed by atoms with E-state index in [9.17, 15) is 14.4 Å². The third-order valence-corrected chi connectivity index (χ3v) is 9.76. The van der Waals surface area contributed by atoms with Crippen molar-refractivity contribution in [2.45, 2.75) is 6.42 Å². The Balaban J connectivity index is 0.995. The average molecular weight is 653 g/mol. The number of fused-ring (bicyclic) bond motifs is 1. The fourth-order valence-corrected chi connectivity index (χ4v) is 7.26. The van der Waals surface area contributed by atoms with Gasteiger partial charge in [-0.1, -0.05) is 36.1 Å². The molecule has 2 aromatic rings. The highest BCUT2D eigenvalue weighted by molar-refractivity contribution is 8.26. The number of thiocarbonyl (C=S) groups is 1. The van der Waals surface area contributed by atoms with Crippen molar-refractivity contribution in [3.63, 3.8) is 0 Å². The van der Waals surface area contributed by atoms with Crippen LogP contribution in [0.3, 0.4) is 0 Å². The number of hydrogen-bond donors (Lipinski definition) is 0. The van der Waals surface area contributed by atoms with Crippen LogP contribution in [0, 0.1) is 0 Å². The van der Waals surface area contributed by atoms with Crippen LogP contribution in [0.2, 0.25) is 0 Å². The number of benzene rings is 2. The van der Waals surface area contributed by atoms with Crippen molar-refractivity contribution in [2.24, 2.45) is 4.99 Å². The summed E-state index contributed by atoms with van der Waals surface area (Å²) >= 11 is 7.99. The van der Waals surface area contributed by atoms with E-state index in [1.807, 2.05) is 23.1 Å². The summed E-state index contributed by atoms with van der Waals surface area (Å²) in [6.45, 7) is 2.47. The van der Waals surface area contributed by atoms with Gasteiger partial charge < -0.3 is 28.7 Å². The average Bonchev–Trinajstić information content (AvgIpc) is 3.73. The zero-order chi connectivity index (χ0) is 30.8. The molecule has 0 radical (unpaired) electrons. The Bertz CT molecular complexity index is 1630. The van der Waals surface area contributed by atoms with Crippen molar-refractivity contribution in [1.82, 2.24) is 14.7 Å². The van der Waals surface area contributed by atoms with Crippen LogP contribution in [0.25, 0.3) is 12.2 Å². The molecule has 0 bridgehead atoms. The Hall–Kier alpha value is -4.01. The summed E-state index contributed by atoms with van der Waals surface area (Å²) in [4.78, 5) is 49.3. The molecule has 14 heteroatoms. The van der Waals surface area contributed by atoms with Gasteiger partial charge in [-0.15, -0.1) is 0 Å². The van der Waals surface area contributed by atoms with Gasteiger partial charge in [-0.2, -0.15) is 4.99 Å². The van der Waals surface area contributed by atoms with Gasteiger partial charge in [0.2, 0.25) is 12.7 Å². The number of thioether (sulfide) groups is 2. The van der Waals surface area contributed by atoms with Crippen LogP contribution in [0.1, 0.15) is 17.5 Å². The fraction of sp³-hybridized carbons (Fsp3) is 0.300. The van der Waals surface area contributed by atoms with Gasteiger partial charge in [0.05, 0.1) is 24.0 Å². The summed E-state index contributed by atoms with van der Waals surface area (Å²) in [5.41, 5.74) is 1.61. The number of amidine groups is 1. The number of aliphatic imine (C=N–C) groups is 1. The lowest BCUT2D eigenvalue weighted by atomic mass is 10.2. The number of piperazine rings is 1. The van der Waals surface area contributed by atoms with Crippen LogP contribution < -0.4 is 18.9 Å². The SMILES string of the molecule is COc1ccc(C=C2SC(N3CCN(C(=O)CCN4C(=O)C(=Cc5ccc6c(c5)OCO6)SC4=S)CC3)=NC2=O)cc1OC. The van der Waals surface area contributed by atoms with Crippen molar-refractivity contribution < 1.29 is 33.3 Å². The summed E-state index contributed by atoms with van der Waals surface area (Å²) in [6, 6.07) is 10.9. The van der Waals surface area contributed by atoms with E-state index in [0.717, 1.165) is 11.1 Å². The number of ether oxygens (including phenoxy) is 4. The minimum absolute atomic E-state index is 0.0513. The Kier molecular flexibility index (Phi) is 8.82. The van der Waals surface area contributed by atoms with E-state index in [4.69, 9.17) is 31.2 Å².